The Morgan fingerprint density at radius 2 is 1.86 bits per heavy atom. The van der Waals surface area contributed by atoms with Crippen LogP contribution in [0.2, 0.25) is 0 Å². The number of aliphatic hydroxyl groups excluding tert-OH is 1. The van der Waals surface area contributed by atoms with Gasteiger partial charge in [-0.3, -0.25) is 14.5 Å². The van der Waals surface area contributed by atoms with Gasteiger partial charge in [0.05, 0.1) is 25.3 Å². The maximum absolute atomic E-state index is 13.5. The fourth-order valence-corrected chi connectivity index (χ4v) is 4.12. The molecule has 36 heavy (non-hydrogen) atoms. The first-order valence-electron chi connectivity index (χ1n) is 11.7. The second-order valence-electron chi connectivity index (χ2n) is 8.44. The van der Waals surface area contributed by atoms with Gasteiger partial charge in [-0.15, -0.1) is 0 Å². The number of nitrogens with zero attached hydrogens (tertiary/aromatic N) is 2. The average molecular weight is 495 g/mol. The summed E-state index contributed by atoms with van der Waals surface area (Å²) in [5.74, 6) is -1.22. The summed E-state index contributed by atoms with van der Waals surface area (Å²) < 4.78 is 30.0. The van der Waals surface area contributed by atoms with Crippen LogP contribution in [0.5, 0.6) is 11.5 Å². The first-order chi connectivity index (χ1) is 17.3. The molecular weight excluding hydrogens is 467 g/mol. The number of unbranched alkanes of at least 4 members (excludes halogenated alkanes) is 2. The van der Waals surface area contributed by atoms with E-state index in [9.17, 15) is 19.1 Å². The van der Waals surface area contributed by atoms with Gasteiger partial charge >= 0.3 is 5.91 Å². The van der Waals surface area contributed by atoms with E-state index in [0.717, 1.165) is 31.4 Å². The number of rotatable bonds is 9. The fourth-order valence-electron chi connectivity index (χ4n) is 4.12. The summed E-state index contributed by atoms with van der Waals surface area (Å²) in [4.78, 5) is 27.5. The summed E-state index contributed by atoms with van der Waals surface area (Å²) in [5, 5.41) is 15.0. The zero-order valence-electron chi connectivity index (χ0n) is 20.3. The summed E-state index contributed by atoms with van der Waals surface area (Å²) in [6.07, 6.45) is 2.99. The van der Waals surface area contributed by atoms with Crippen molar-refractivity contribution in [3.8, 4) is 11.5 Å². The zero-order chi connectivity index (χ0) is 25.8. The molecule has 1 atom stereocenters. The highest BCUT2D eigenvalue weighted by atomic mass is 19.1. The van der Waals surface area contributed by atoms with Crippen molar-refractivity contribution in [3.05, 3.63) is 76.8 Å². The molecule has 0 radical (unpaired) electrons. The molecule has 0 spiro atoms. The second-order valence-corrected chi connectivity index (χ2v) is 8.44. The molecule has 0 unspecified atom stereocenters. The Bertz CT molecular complexity index is 1300. The van der Waals surface area contributed by atoms with Crippen molar-refractivity contribution in [2.45, 2.75) is 39.2 Å². The van der Waals surface area contributed by atoms with E-state index in [1.807, 2.05) is 0 Å². The minimum absolute atomic E-state index is 0.122. The lowest BCUT2D eigenvalue weighted by molar-refractivity contribution is -0.132. The van der Waals surface area contributed by atoms with Crippen LogP contribution in [0.4, 0.5) is 10.2 Å². The van der Waals surface area contributed by atoms with Crippen molar-refractivity contribution < 1.29 is 33.1 Å². The van der Waals surface area contributed by atoms with Crippen LogP contribution in [0.3, 0.4) is 0 Å². The van der Waals surface area contributed by atoms with Gasteiger partial charge in [0.15, 0.2) is 17.3 Å². The van der Waals surface area contributed by atoms with Crippen molar-refractivity contribution in [1.82, 2.24) is 5.16 Å². The van der Waals surface area contributed by atoms with E-state index in [0.29, 0.717) is 29.4 Å². The van der Waals surface area contributed by atoms with Gasteiger partial charge in [-0.05, 0) is 55.3 Å². The number of halogens is 1. The molecule has 1 saturated heterocycles. The Kier molecular flexibility index (Phi) is 7.38. The van der Waals surface area contributed by atoms with Gasteiger partial charge in [0.25, 0.3) is 5.78 Å². The van der Waals surface area contributed by atoms with Crippen LogP contribution >= 0.6 is 0 Å². The molecule has 0 saturated carbocycles. The Morgan fingerprint density at radius 1 is 1.11 bits per heavy atom. The molecule has 4 rings (SSSR count). The first-order valence-corrected chi connectivity index (χ1v) is 11.7. The number of ether oxygens (including phenoxy) is 2. The standard InChI is InChI=1S/C27H27FN2O6/c1-4-5-6-13-35-20-12-9-18(15-21(20)34-3)24-23(25(31)17-7-10-19(28)11-8-17)26(32)27(33)30(24)22-14-16(2)36-29-22/h7-12,14-15,24,31H,4-6,13H2,1-3H3/b25-23+/t24-/m0/s1. The second kappa shape index (κ2) is 10.6. The number of Topliss-reactive ketones (excluding diaryl/α,β-unsaturated/α-hetero) is 1. The number of methoxy groups -OCH3 is 1. The quantitative estimate of drug-likeness (QED) is 0.186. The van der Waals surface area contributed by atoms with Gasteiger partial charge in [0.2, 0.25) is 0 Å². The van der Waals surface area contributed by atoms with Crippen molar-refractivity contribution in [2.75, 3.05) is 18.6 Å². The number of hydrogen-bond donors (Lipinski definition) is 1. The van der Waals surface area contributed by atoms with E-state index in [1.54, 1.807) is 25.1 Å². The number of amides is 1. The molecule has 3 aromatic rings. The summed E-state index contributed by atoms with van der Waals surface area (Å²) in [7, 11) is 1.49. The number of aromatic nitrogens is 1. The molecule has 0 aliphatic carbocycles. The molecule has 1 aromatic heterocycles. The topological polar surface area (TPSA) is 102 Å². The monoisotopic (exact) mass is 494 g/mol. The molecule has 8 nitrogen and oxygen atoms in total. The maximum Gasteiger partial charge on any atom is 0.301 e. The molecule has 1 N–H and O–H groups in total. The number of anilines is 1. The molecule has 1 aliphatic rings. The number of carbonyl (C=O) groups is 2. The van der Waals surface area contributed by atoms with Crippen LogP contribution < -0.4 is 14.4 Å². The average Bonchev–Trinajstić information content (AvgIpc) is 3.42. The van der Waals surface area contributed by atoms with Crippen LogP contribution in [0.25, 0.3) is 5.76 Å². The van der Waals surface area contributed by atoms with Gasteiger partial charge in [-0.1, -0.05) is 31.0 Å². The largest absolute Gasteiger partial charge is 0.507 e. The fraction of sp³-hybridized carbons (Fsp3) is 0.296. The molecule has 9 heteroatoms. The molecule has 2 heterocycles. The normalized spacial score (nSPS) is 17.0. The number of hydrogen-bond acceptors (Lipinski definition) is 7. The molecule has 188 valence electrons. The third-order valence-electron chi connectivity index (χ3n) is 5.93. The van der Waals surface area contributed by atoms with E-state index in [1.165, 1.54) is 30.2 Å². The maximum atomic E-state index is 13.5. The predicted octanol–water partition coefficient (Wildman–Crippen LogP) is 5.33. The predicted molar refractivity (Wildman–Crippen MR) is 130 cm³/mol. The highest BCUT2D eigenvalue weighted by molar-refractivity contribution is 6.51. The van der Waals surface area contributed by atoms with E-state index in [4.69, 9.17) is 14.0 Å². The Morgan fingerprint density at radius 3 is 2.50 bits per heavy atom. The zero-order valence-corrected chi connectivity index (χ0v) is 20.3. The van der Waals surface area contributed by atoms with E-state index in [-0.39, 0.29) is 17.0 Å². The van der Waals surface area contributed by atoms with E-state index >= 15 is 0 Å². The molecular formula is C27H27FN2O6. The first kappa shape index (κ1) is 25.0. The third kappa shape index (κ3) is 4.82. The van der Waals surface area contributed by atoms with Gasteiger partial charge < -0.3 is 19.1 Å². The molecule has 0 bridgehead atoms. The van der Waals surface area contributed by atoms with Crippen LogP contribution in [-0.2, 0) is 9.59 Å². The molecule has 2 aromatic carbocycles. The summed E-state index contributed by atoms with van der Waals surface area (Å²) in [5.41, 5.74) is 0.515. The molecule has 1 aliphatic heterocycles. The lowest BCUT2D eigenvalue weighted by atomic mass is 9.95. The number of aryl methyl sites for hydroxylation is 1. The van der Waals surface area contributed by atoms with Crippen LogP contribution in [0.1, 0.15) is 49.1 Å². The van der Waals surface area contributed by atoms with Crippen LogP contribution in [0, 0.1) is 12.7 Å². The highest BCUT2D eigenvalue weighted by Gasteiger charge is 2.48. The van der Waals surface area contributed by atoms with Crippen LogP contribution in [0.15, 0.2) is 58.6 Å². The number of benzene rings is 2. The van der Waals surface area contributed by atoms with Crippen molar-refractivity contribution in [2.24, 2.45) is 0 Å². The number of carbonyl (C=O) groups excluding carboxylic acids is 2. The summed E-state index contributed by atoms with van der Waals surface area (Å²) >= 11 is 0. The minimum Gasteiger partial charge on any atom is -0.507 e. The molecule has 1 fully saturated rings. The lowest BCUT2D eigenvalue weighted by Crippen LogP contribution is -2.29. The SMILES string of the molecule is CCCCCOc1ccc([C@H]2/C(=C(\O)c3ccc(F)cc3)C(=O)C(=O)N2c2cc(C)on2)cc1OC. The highest BCUT2D eigenvalue weighted by Crippen LogP contribution is 2.44. The molecule has 1 amide bonds. The van der Waals surface area contributed by atoms with Gasteiger partial charge in [-0.25, -0.2) is 4.39 Å². The number of ketones is 1. The Balaban J connectivity index is 1.83. The van der Waals surface area contributed by atoms with Crippen molar-refractivity contribution in [3.63, 3.8) is 0 Å². The number of aliphatic hydroxyl groups is 1. The van der Waals surface area contributed by atoms with Gasteiger partial charge in [0, 0.05) is 11.6 Å². The van der Waals surface area contributed by atoms with E-state index < -0.39 is 29.3 Å². The van der Waals surface area contributed by atoms with Crippen molar-refractivity contribution in [1.29, 1.82) is 0 Å². The van der Waals surface area contributed by atoms with Crippen molar-refractivity contribution >= 4 is 23.3 Å². The third-order valence-corrected chi connectivity index (χ3v) is 5.93. The van der Waals surface area contributed by atoms with Gasteiger partial charge in [-0.2, -0.15) is 0 Å². The van der Waals surface area contributed by atoms with E-state index in [2.05, 4.69) is 12.1 Å². The van der Waals surface area contributed by atoms with Gasteiger partial charge in [0.1, 0.15) is 17.3 Å². The summed E-state index contributed by atoms with van der Waals surface area (Å²) in [6.45, 7) is 4.28. The lowest BCUT2D eigenvalue weighted by Gasteiger charge is -2.23. The smallest absolute Gasteiger partial charge is 0.301 e. The Labute approximate surface area is 207 Å². The minimum atomic E-state index is -1.04. The summed E-state index contributed by atoms with van der Waals surface area (Å²) in [6, 6.07) is 10.5. The Hall–Kier alpha value is -4.14. The van der Waals surface area contributed by atoms with Crippen LogP contribution in [-0.4, -0.2) is 35.7 Å².